The summed E-state index contributed by atoms with van der Waals surface area (Å²) in [7, 11) is 0. The van der Waals surface area contributed by atoms with Gasteiger partial charge in [-0.25, -0.2) is 4.98 Å². The van der Waals surface area contributed by atoms with E-state index in [1.165, 1.54) is 6.39 Å². The van der Waals surface area contributed by atoms with E-state index in [0.717, 1.165) is 33.7 Å². The number of benzene rings is 1. The second kappa shape index (κ2) is 4.96. The molecule has 4 aromatic rings. The maximum atomic E-state index is 5.22. The summed E-state index contributed by atoms with van der Waals surface area (Å²) in [4.78, 5) is 4.41. The molecule has 4 rings (SSSR count). The highest BCUT2D eigenvalue weighted by Crippen LogP contribution is 2.27. The number of anilines is 2. The van der Waals surface area contributed by atoms with Crippen LogP contribution in [0.15, 0.2) is 47.3 Å². The lowest BCUT2D eigenvalue weighted by atomic mass is 10.2. The highest BCUT2D eigenvalue weighted by molar-refractivity contribution is 5.92. The molecule has 3 aromatic heterocycles. The van der Waals surface area contributed by atoms with Crippen LogP contribution in [0.1, 0.15) is 5.69 Å². The van der Waals surface area contributed by atoms with E-state index in [1.807, 2.05) is 37.3 Å². The van der Waals surface area contributed by atoms with Gasteiger partial charge in [-0.3, -0.25) is 5.10 Å². The Bertz CT molecular complexity index is 928. The summed E-state index contributed by atoms with van der Waals surface area (Å²) in [5.41, 5.74) is 3.58. The van der Waals surface area contributed by atoms with Crippen molar-refractivity contribution in [3.8, 4) is 11.5 Å². The zero-order chi connectivity index (χ0) is 14.9. The van der Waals surface area contributed by atoms with Gasteiger partial charge in [0.2, 0.25) is 12.3 Å². The third kappa shape index (κ3) is 2.08. The van der Waals surface area contributed by atoms with Crippen LogP contribution in [-0.4, -0.2) is 25.4 Å². The molecule has 0 spiro atoms. The summed E-state index contributed by atoms with van der Waals surface area (Å²) in [6.07, 6.45) is 3.05. The molecule has 0 radical (unpaired) electrons. The second-order valence-corrected chi connectivity index (χ2v) is 4.84. The minimum atomic E-state index is 0.481. The first-order valence-corrected chi connectivity index (χ1v) is 6.74. The van der Waals surface area contributed by atoms with Gasteiger partial charge in [0.1, 0.15) is 5.82 Å². The van der Waals surface area contributed by atoms with Gasteiger partial charge in [0.15, 0.2) is 0 Å². The minimum Gasteiger partial charge on any atom is -0.423 e. The average Bonchev–Trinajstić information content (AvgIpc) is 3.19. The standard InChI is InChI=1S/C15H12N6O/c1-9-13-12(20-19-9)5-6-16-14(13)18-11-4-2-3-10(7-11)15-21-17-8-22-15/h2-8H,1H3,(H,16,18)(H,19,20). The van der Waals surface area contributed by atoms with Crippen molar-refractivity contribution in [2.75, 3.05) is 5.32 Å². The number of pyridine rings is 1. The zero-order valence-corrected chi connectivity index (χ0v) is 11.7. The van der Waals surface area contributed by atoms with Gasteiger partial charge in [0.25, 0.3) is 0 Å². The van der Waals surface area contributed by atoms with E-state index >= 15 is 0 Å². The fourth-order valence-electron chi connectivity index (χ4n) is 2.38. The van der Waals surface area contributed by atoms with Crippen molar-refractivity contribution in [3.63, 3.8) is 0 Å². The highest BCUT2D eigenvalue weighted by atomic mass is 16.4. The molecule has 0 atom stereocenters. The maximum absolute atomic E-state index is 5.22. The Hall–Kier alpha value is -3.22. The van der Waals surface area contributed by atoms with Crippen LogP contribution < -0.4 is 5.32 Å². The molecule has 1 aromatic carbocycles. The quantitative estimate of drug-likeness (QED) is 0.603. The lowest BCUT2D eigenvalue weighted by molar-refractivity contribution is 0.568. The zero-order valence-electron chi connectivity index (χ0n) is 11.7. The van der Waals surface area contributed by atoms with Crippen molar-refractivity contribution < 1.29 is 4.42 Å². The first-order valence-electron chi connectivity index (χ1n) is 6.74. The average molecular weight is 292 g/mol. The Morgan fingerprint density at radius 3 is 3.05 bits per heavy atom. The number of hydrogen-bond acceptors (Lipinski definition) is 6. The summed E-state index contributed by atoms with van der Waals surface area (Å²) in [6.45, 7) is 1.94. The Morgan fingerprint density at radius 2 is 2.18 bits per heavy atom. The molecule has 0 unspecified atom stereocenters. The number of aromatic nitrogens is 5. The van der Waals surface area contributed by atoms with Crippen molar-refractivity contribution in [2.24, 2.45) is 0 Å². The van der Waals surface area contributed by atoms with Gasteiger partial charge < -0.3 is 9.73 Å². The van der Waals surface area contributed by atoms with Crippen molar-refractivity contribution in [1.29, 1.82) is 0 Å². The van der Waals surface area contributed by atoms with Crippen LogP contribution in [0, 0.1) is 6.92 Å². The topological polar surface area (TPSA) is 92.5 Å². The summed E-state index contributed by atoms with van der Waals surface area (Å²) < 4.78 is 5.22. The third-order valence-corrected chi connectivity index (χ3v) is 3.39. The predicted octanol–water partition coefficient (Wildman–Crippen LogP) is 3.06. The smallest absolute Gasteiger partial charge is 0.247 e. The molecule has 0 fully saturated rings. The van der Waals surface area contributed by atoms with Gasteiger partial charge in [-0.1, -0.05) is 6.07 Å². The molecule has 0 aliphatic heterocycles. The maximum Gasteiger partial charge on any atom is 0.247 e. The second-order valence-electron chi connectivity index (χ2n) is 4.84. The normalized spacial score (nSPS) is 11.0. The molecule has 0 bridgehead atoms. The number of nitrogens with one attached hydrogen (secondary N) is 2. The molecule has 3 heterocycles. The van der Waals surface area contributed by atoms with E-state index in [-0.39, 0.29) is 0 Å². The minimum absolute atomic E-state index is 0.481. The van der Waals surface area contributed by atoms with Crippen LogP contribution >= 0.6 is 0 Å². The summed E-state index contributed by atoms with van der Waals surface area (Å²) in [5.74, 6) is 1.24. The van der Waals surface area contributed by atoms with E-state index in [4.69, 9.17) is 4.42 Å². The van der Waals surface area contributed by atoms with Crippen LogP contribution in [0.25, 0.3) is 22.4 Å². The van der Waals surface area contributed by atoms with Crippen LogP contribution in [-0.2, 0) is 0 Å². The van der Waals surface area contributed by atoms with Crippen LogP contribution in [0.5, 0.6) is 0 Å². The largest absolute Gasteiger partial charge is 0.423 e. The molecule has 22 heavy (non-hydrogen) atoms. The Kier molecular flexibility index (Phi) is 2.82. The number of H-pyrrole nitrogens is 1. The number of fused-ring (bicyclic) bond motifs is 1. The highest BCUT2D eigenvalue weighted by Gasteiger charge is 2.10. The molecular weight excluding hydrogens is 280 g/mol. The van der Waals surface area contributed by atoms with E-state index < -0.39 is 0 Å². The molecule has 0 aliphatic rings. The monoisotopic (exact) mass is 292 g/mol. The van der Waals surface area contributed by atoms with E-state index in [9.17, 15) is 0 Å². The lowest BCUT2D eigenvalue weighted by Gasteiger charge is -2.07. The predicted molar refractivity (Wildman–Crippen MR) is 81.6 cm³/mol. The van der Waals surface area contributed by atoms with Crippen LogP contribution in [0.4, 0.5) is 11.5 Å². The van der Waals surface area contributed by atoms with Crippen LogP contribution in [0.2, 0.25) is 0 Å². The molecule has 108 valence electrons. The van der Waals surface area contributed by atoms with Gasteiger partial charge >= 0.3 is 0 Å². The SMILES string of the molecule is Cc1n[nH]c2ccnc(Nc3cccc(-c4nnco4)c3)c12. The van der Waals surface area contributed by atoms with Crippen molar-refractivity contribution in [2.45, 2.75) is 6.92 Å². The van der Waals surface area contributed by atoms with Gasteiger partial charge in [0.05, 0.1) is 16.6 Å². The summed E-state index contributed by atoms with van der Waals surface area (Å²) in [6, 6.07) is 9.62. The van der Waals surface area contributed by atoms with E-state index in [0.29, 0.717) is 5.89 Å². The lowest BCUT2D eigenvalue weighted by Crippen LogP contribution is -1.95. The number of rotatable bonds is 3. The number of hydrogen-bond donors (Lipinski definition) is 2. The molecular formula is C15H12N6O. The van der Waals surface area contributed by atoms with Crippen LogP contribution in [0.3, 0.4) is 0 Å². The Morgan fingerprint density at radius 1 is 1.23 bits per heavy atom. The number of aromatic amines is 1. The van der Waals surface area contributed by atoms with E-state index in [1.54, 1.807) is 6.20 Å². The van der Waals surface area contributed by atoms with Crippen molar-refractivity contribution >= 4 is 22.4 Å². The molecule has 2 N–H and O–H groups in total. The van der Waals surface area contributed by atoms with Gasteiger partial charge in [-0.15, -0.1) is 10.2 Å². The number of nitrogens with zero attached hydrogens (tertiary/aromatic N) is 4. The number of aryl methyl sites for hydroxylation is 1. The first kappa shape index (κ1) is 12.5. The van der Waals surface area contributed by atoms with Gasteiger partial charge in [-0.05, 0) is 31.2 Å². The first-order chi connectivity index (χ1) is 10.8. The molecule has 7 heteroatoms. The third-order valence-electron chi connectivity index (χ3n) is 3.39. The van der Waals surface area contributed by atoms with Gasteiger partial charge in [0, 0.05) is 17.4 Å². The fraction of sp³-hybridized carbons (Fsp3) is 0.0667. The molecule has 7 nitrogen and oxygen atoms in total. The fourth-order valence-corrected chi connectivity index (χ4v) is 2.38. The Labute approximate surface area is 125 Å². The summed E-state index contributed by atoms with van der Waals surface area (Å²) in [5, 5.41) is 19.1. The van der Waals surface area contributed by atoms with Crippen molar-refractivity contribution in [1.82, 2.24) is 25.4 Å². The summed E-state index contributed by atoms with van der Waals surface area (Å²) >= 11 is 0. The molecule has 0 aliphatic carbocycles. The Balaban J connectivity index is 1.74. The molecule has 0 amide bonds. The molecule has 0 saturated heterocycles. The van der Waals surface area contributed by atoms with Gasteiger partial charge in [-0.2, -0.15) is 5.10 Å². The molecule has 0 saturated carbocycles. The van der Waals surface area contributed by atoms with E-state index in [2.05, 4.69) is 30.7 Å². The van der Waals surface area contributed by atoms with Crippen molar-refractivity contribution in [3.05, 3.63) is 48.6 Å².